The molecule has 0 spiro atoms. The Kier molecular flexibility index (Phi) is 7.30. The summed E-state index contributed by atoms with van der Waals surface area (Å²) < 4.78 is 6.16. The predicted molar refractivity (Wildman–Crippen MR) is 174 cm³/mol. The van der Waals surface area contributed by atoms with Gasteiger partial charge in [-0.05, 0) is 127 Å². The van der Waals surface area contributed by atoms with Crippen LogP contribution in [0.1, 0.15) is 112 Å². The molecule has 44 heavy (non-hydrogen) atoms. The van der Waals surface area contributed by atoms with Crippen molar-refractivity contribution in [2.45, 2.75) is 112 Å². The molecule has 0 aromatic heterocycles. The number of hydrogen-bond donors (Lipinski definition) is 2. The number of esters is 1. The van der Waals surface area contributed by atoms with Gasteiger partial charge >= 0.3 is 5.97 Å². The fourth-order valence-electron chi connectivity index (χ4n) is 11.7. The van der Waals surface area contributed by atoms with Gasteiger partial charge in [-0.25, -0.2) is 4.79 Å². The zero-order valence-electron chi connectivity index (χ0n) is 28.0. The molecule has 5 nitrogen and oxygen atoms in total. The van der Waals surface area contributed by atoms with Crippen LogP contribution in [-0.4, -0.2) is 28.6 Å². The number of phenolic OH excluding ortho intramolecular Hbond substituents is 2. The molecule has 0 amide bonds. The number of aromatic hydroxyl groups is 2. The Labute approximate surface area is 264 Å². The Morgan fingerprint density at radius 3 is 2.30 bits per heavy atom. The second-order valence-electron chi connectivity index (χ2n) is 17.5. The van der Waals surface area contributed by atoms with E-state index in [1.54, 1.807) is 12.1 Å². The zero-order chi connectivity index (χ0) is 31.9. The molecule has 0 bridgehead atoms. The van der Waals surface area contributed by atoms with E-state index in [1.807, 2.05) is 0 Å². The van der Waals surface area contributed by atoms with E-state index in [4.69, 9.17) is 4.74 Å². The van der Waals surface area contributed by atoms with Gasteiger partial charge in [-0.3, -0.25) is 0 Å². The van der Waals surface area contributed by atoms with Crippen molar-refractivity contribution in [3.05, 3.63) is 42.0 Å². The molecule has 5 aliphatic rings. The van der Waals surface area contributed by atoms with E-state index in [9.17, 15) is 19.8 Å². The summed E-state index contributed by atoms with van der Waals surface area (Å²) in [6.45, 7) is 17.1. The topological polar surface area (TPSA) is 83.8 Å². The van der Waals surface area contributed by atoms with Crippen LogP contribution in [0.4, 0.5) is 0 Å². The van der Waals surface area contributed by atoms with E-state index in [-0.39, 0.29) is 56.1 Å². The first-order chi connectivity index (χ1) is 20.5. The monoisotopic (exact) mass is 602 g/mol. The minimum Gasteiger partial charge on any atom is -0.504 e. The Morgan fingerprint density at radius 1 is 0.864 bits per heavy atom. The van der Waals surface area contributed by atoms with E-state index in [0.717, 1.165) is 57.8 Å². The first-order valence-electron chi connectivity index (χ1n) is 17.1. The number of allylic oxidation sites excluding steroid dienone is 2. The lowest BCUT2D eigenvalue weighted by atomic mass is 9.33. The van der Waals surface area contributed by atoms with Crippen LogP contribution in [0.25, 0.3) is 6.08 Å². The van der Waals surface area contributed by atoms with Crippen LogP contribution < -0.4 is 0 Å². The van der Waals surface area contributed by atoms with Gasteiger partial charge in [0.05, 0.1) is 0 Å². The fourth-order valence-corrected chi connectivity index (χ4v) is 11.7. The normalized spacial score (nSPS) is 43.7. The summed E-state index contributed by atoms with van der Waals surface area (Å²) in [5.41, 5.74) is 1.00. The molecular formula is C39H54O5. The maximum absolute atomic E-state index is 13.0. The average molecular weight is 603 g/mol. The van der Waals surface area contributed by atoms with E-state index in [0.29, 0.717) is 29.2 Å². The Morgan fingerprint density at radius 2 is 1.59 bits per heavy atom. The number of phenols is 2. The van der Waals surface area contributed by atoms with Gasteiger partial charge in [0.25, 0.3) is 0 Å². The van der Waals surface area contributed by atoms with E-state index >= 15 is 0 Å². The molecule has 4 fully saturated rings. The second-order valence-corrected chi connectivity index (χ2v) is 17.5. The van der Waals surface area contributed by atoms with Crippen molar-refractivity contribution in [2.75, 3.05) is 0 Å². The molecule has 5 heteroatoms. The largest absolute Gasteiger partial charge is 0.504 e. The summed E-state index contributed by atoms with van der Waals surface area (Å²) >= 11 is 0. The van der Waals surface area contributed by atoms with Crippen molar-refractivity contribution in [3.63, 3.8) is 0 Å². The van der Waals surface area contributed by atoms with Crippen LogP contribution in [0.5, 0.6) is 11.5 Å². The summed E-state index contributed by atoms with van der Waals surface area (Å²) in [5, 5.41) is 19.4. The molecule has 6 rings (SSSR count). The molecule has 5 aliphatic carbocycles. The molecule has 4 saturated carbocycles. The first-order valence-corrected chi connectivity index (χ1v) is 17.1. The van der Waals surface area contributed by atoms with E-state index in [2.05, 4.69) is 60.6 Å². The Bertz CT molecular complexity index is 1390. The summed E-state index contributed by atoms with van der Waals surface area (Å²) in [5.74, 6) is 0.967. The van der Waals surface area contributed by atoms with Crippen molar-refractivity contribution in [1.82, 2.24) is 0 Å². The van der Waals surface area contributed by atoms with E-state index < -0.39 is 0 Å². The molecule has 1 aromatic carbocycles. The number of rotatable bonds is 4. The lowest BCUT2D eigenvalue weighted by molar-refractivity contribution is -0.220. The highest BCUT2D eigenvalue weighted by atomic mass is 16.5. The van der Waals surface area contributed by atoms with Crippen molar-refractivity contribution >= 4 is 18.3 Å². The van der Waals surface area contributed by atoms with Crippen molar-refractivity contribution in [2.24, 2.45) is 56.2 Å². The zero-order valence-corrected chi connectivity index (χ0v) is 28.0. The number of ether oxygens (including phenoxy) is 1. The van der Waals surface area contributed by atoms with Gasteiger partial charge in [0.15, 0.2) is 11.5 Å². The molecule has 0 aliphatic heterocycles. The Hall–Kier alpha value is -2.56. The lowest BCUT2D eigenvalue weighted by Crippen LogP contribution is -2.66. The molecule has 240 valence electrons. The smallest absolute Gasteiger partial charge is 0.331 e. The molecule has 0 heterocycles. The van der Waals surface area contributed by atoms with Crippen LogP contribution in [-0.2, 0) is 14.3 Å². The number of aldehydes is 1. The van der Waals surface area contributed by atoms with Gasteiger partial charge < -0.3 is 19.7 Å². The third-order valence-electron chi connectivity index (χ3n) is 14.6. The number of hydrogen-bond acceptors (Lipinski definition) is 5. The fraction of sp³-hybridized carbons (Fsp3) is 0.692. The quantitative estimate of drug-likeness (QED) is 0.118. The maximum Gasteiger partial charge on any atom is 0.331 e. The van der Waals surface area contributed by atoms with Crippen LogP contribution in [0, 0.1) is 56.2 Å². The summed E-state index contributed by atoms with van der Waals surface area (Å²) in [6.07, 6.45) is 19.0. The molecule has 0 radical (unpaired) electrons. The summed E-state index contributed by atoms with van der Waals surface area (Å²) in [6, 6.07) is 4.49. The van der Waals surface area contributed by atoms with Crippen LogP contribution >= 0.6 is 0 Å². The lowest BCUT2D eigenvalue weighted by Gasteiger charge is -2.71. The van der Waals surface area contributed by atoms with Crippen LogP contribution in [0.3, 0.4) is 0 Å². The number of benzene rings is 1. The summed E-state index contributed by atoms with van der Waals surface area (Å²) in [4.78, 5) is 25.7. The third-order valence-corrected chi connectivity index (χ3v) is 14.6. The van der Waals surface area contributed by atoms with E-state index in [1.165, 1.54) is 24.5 Å². The molecule has 9 unspecified atom stereocenters. The maximum atomic E-state index is 13.0. The minimum atomic E-state index is -0.371. The van der Waals surface area contributed by atoms with Gasteiger partial charge in [0.1, 0.15) is 12.4 Å². The molecular weight excluding hydrogens is 548 g/mol. The van der Waals surface area contributed by atoms with Crippen LogP contribution in [0.15, 0.2) is 36.4 Å². The SMILES string of the molecule is CC1(C)CCC2(C=O)CCC3(C)C(C=CC4C5(C)CCC(OC(=O)C=Cc6ccc(O)c(O)c6)C(C)(C)C5CCC43C)C2C1. The Balaban J connectivity index is 1.25. The van der Waals surface area contributed by atoms with Gasteiger partial charge in [-0.15, -0.1) is 0 Å². The second kappa shape index (κ2) is 10.2. The molecule has 2 N–H and O–H groups in total. The van der Waals surface area contributed by atoms with Crippen molar-refractivity contribution < 1.29 is 24.5 Å². The standard InChI is InChI=1S/C39H54O5/c1-34(2)18-20-39(24-40)21-19-37(6)26(27(39)23-34)10-12-31-36(5)16-15-32(35(3,4)30(36)14-17-38(31,37)7)44-33(43)13-9-25-8-11-28(41)29(42)22-25/h8-13,22,24,26-27,30-32,41-42H,14-21,23H2,1-7H3. The third kappa shape index (κ3) is 4.53. The molecule has 9 atom stereocenters. The molecule has 0 saturated heterocycles. The average Bonchev–Trinajstić information content (AvgIpc) is 2.95. The van der Waals surface area contributed by atoms with Crippen molar-refractivity contribution in [3.8, 4) is 11.5 Å². The van der Waals surface area contributed by atoms with Gasteiger partial charge in [0, 0.05) is 16.9 Å². The number of fused-ring (bicyclic) bond motifs is 7. The van der Waals surface area contributed by atoms with Gasteiger partial charge in [-0.1, -0.05) is 66.7 Å². The molecule has 1 aromatic rings. The van der Waals surface area contributed by atoms with Crippen molar-refractivity contribution in [1.29, 1.82) is 0 Å². The summed E-state index contributed by atoms with van der Waals surface area (Å²) in [7, 11) is 0. The highest BCUT2D eigenvalue weighted by molar-refractivity contribution is 5.87. The minimum absolute atomic E-state index is 0.105. The predicted octanol–water partition coefficient (Wildman–Crippen LogP) is 8.88. The highest BCUT2D eigenvalue weighted by Gasteiger charge is 2.69. The van der Waals surface area contributed by atoms with Gasteiger partial charge in [-0.2, -0.15) is 0 Å². The number of carbonyl (C=O) groups excluding carboxylic acids is 2. The number of carbonyl (C=O) groups is 2. The van der Waals surface area contributed by atoms with Crippen LogP contribution in [0.2, 0.25) is 0 Å². The first kappa shape index (κ1) is 31.4. The van der Waals surface area contributed by atoms with Gasteiger partial charge in [0.2, 0.25) is 0 Å². The highest BCUT2D eigenvalue weighted by Crippen LogP contribution is 2.75.